The van der Waals surface area contributed by atoms with E-state index in [2.05, 4.69) is 16.0 Å². The van der Waals surface area contributed by atoms with Crippen molar-refractivity contribution in [3.05, 3.63) is 65.0 Å². The molecule has 1 fully saturated rings. The summed E-state index contributed by atoms with van der Waals surface area (Å²) in [6, 6.07) is 11.4. The van der Waals surface area contributed by atoms with E-state index >= 15 is 0 Å². The van der Waals surface area contributed by atoms with Crippen molar-refractivity contribution in [2.45, 2.75) is 32.2 Å². The number of halogens is 1. The van der Waals surface area contributed by atoms with E-state index in [0.717, 1.165) is 24.0 Å². The van der Waals surface area contributed by atoms with Crippen LogP contribution in [0.1, 0.15) is 47.2 Å². The van der Waals surface area contributed by atoms with Crippen molar-refractivity contribution in [1.82, 2.24) is 10.6 Å². The van der Waals surface area contributed by atoms with Gasteiger partial charge in [0.05, 0.1) is 0 Å². The molecule has 1 aliphatic rings. The van der Waals surface area contributed by atoms with Crippen LogP contribution >= 0.6 is 0 Å². The lowest BCUT2D eigenvalue weighted by molar-refractivity contribution is 0.0956. The van der Waals surface area contributed by atoms with Gasteiger partial charge in [-0.2, -0.15) is 0 Å². The average molecular weight is 355 g/mol. The van der Waals surface area contributed by atoms with Gasteiger partial charge in [0.2, 0.25) is 0 Å². The number of anilines is 1. The van der Waals surface area contributed by atoms with Crippen LogP contribution in [0.5, 0.6) is 0 Å². The smallest absolute Gasteiger partial charge is 0.319 e. The molecular formula is C20H22FN3O2. The number of amides is 3. The van der Waals surface area contributed by atoms with E-state index in [1.807, 2.05) is 6.92 Å². The van der Waals surface area contributed by atoms with Crippen LogP contribution in [0, 0.1) is 5.82 Å². The number of urea groups is 1. The summed E-state index contributed by atoms with van der Waals surface area (Å²) in [6.45, 7) is 2.74. The molecule has 0 radical (unpaired) electrons. The lowest BCUT2D eigenvalue weighted by Gasteiger charge is -2.10. The fraction of sp³-hybridized carbons (Fsp3) is 0.300. The van der Waals surface area contributed by atoms with Crippen molar-refractivity contribution in [2.24, 2.45) is 0 Å². The topological polar surface area (TPSA) is 70.2 Å². The molecule has 136 valence electrons. The highest BCUT2D eigenvalue weighted by molar-refractivity contribution is 5.94. The van der Waals surface area contributed by atoms with Crippen LogP contribution in [0.25, 0.3) is 0 Å². The Morgan fingerprint density at radius 1 is 1.08 bits per heavy atom. The summed E-state index contributed by atoms with van der Waals surface area (Å²) in [5, 5.41) is 8.08. The summed E-state index contributed by atoms with van der Waals surface area (Å²) in [5.41, 5.74) is 2.59. The first kappa shape index (κ1) is 17.9. The van der Waals surface area contributed by atoms with Crippen molar-refractivity contribution in [2.75, 3.05) is 11.9 Å². The molecule has 0 heterocycles. The fourth-order valence-electron chi connectivity index (χ4n) is 2.72. The van der Waals surface area contributed by atoms with Crippen LogP contribution in [0.15, 0.2) is 42.5 Å². The van der Waals surface area contributed by atoms with Crippen molar-refractivity contribution >= 4 is 17.6 Å². The molecule has 0 aromatic heterocycles. The van der Waals surface area contributed by atoms with Gasteiger partial charge in [-0.1, -0.05) is 18.2 Å². The monoisotopic (exact) mass is 355 g/mol. The van der Waals surface area contributed by atoms with Gasteiger partial charge in [-0.3, -0.25) is 4.79 Å². The second-order valence-corrected chi connectivity index (χ2v) is 6.37. The molecule has 0 unspecified atom stereocenters. The standard InChI is InChI=1S/C20H22FN3O2/c1-2-22-19(25)15-5-3-13(4-6-15)12-23-20(26)24-16-9-10-17(14-7-8-14)18(21)11-16/h3-6,9-11,14H,2,7-8,12H2,1H3,(H,22,25)(H2,23,24,26). The molecule has 0 bridgehead atoms. The van der Waals surface area contributed by atoms with Gasteiger partial charge in [0.15, 0.2) is 0 Å². The molecular weight excluding hydrogens is 333 g/mol. The van der Waals surface area contributed by atoms with Crippen LogP contribution < -0.4 is 16.0 Å². The van der Waals surface area contributed by atoms with Crippen molar-refractivity contribution in [3.8, 4) is 0 Å². The quantitative estimate of drug-likeness (QED) is 0.738. The number of carbonyl (C=O) groups excluding carboxylic acids is 2. The minimum atomic E-state index is -0.406. The Kier molecular flexibility index (Phi) is 5.51. The Hall–Kier alpha value is -2.89. The van der Waals surface area contributed by atoms with Crippen LogP contribution in [-0.2, 0) is 6.54 Å². The van der Waals surface area contributed by atoms with E-state index in [9.17, 15) is 14.0 Å². The van der Waals surface area contributed by atoms with Gasteiger partial charge in [0, 0.05) is 24.3 Å². The van der Waals surface area contributed by atoms with E-state index in [4.69, 9.17) is 0 Å². The maximum Gasteiger partial charge on any atom is 0.319 e. The lowest BCUT2D eigenvalue weighted by atomic mass is 10.1. The Labute approximate surface area is 152 Å². The first-order valence-electron chi connectivity index (χ1n) is 8.78. The van der Waals surface area contributed by atoms with Crippen LogP contribution in [0.3, 0.4) is 0 Å². The normalized spacial score (nSPS) is 13.2. The summed E-state index contributed by atoms with van der Waals surface area (Å²) in [5.74, 6) is -0.0621. The molecule has 0 spiro atoms. The second kappa shape index (κ2) is 7.99. The van der Waals surface area contributed by atoms with E-state index in [1.165, 1.54) is 6.07 Å². The van der Waals surface area contributed by atoms with Gasteiger partial charge in [0.1, 0.15) is 5.82 Å². The molecule has 26 heavy (non-hydrogen) atoms. The molecule has 2 aromatic rings. The molecule has 3 N–H and O–H groups in total. The highest BCUT2D eigenvalue weighted by atomic mass is 19.1. The van der Waals surface area contributed by atoms with Gasteiger partial charge in [-0.05, 0) is 61.1 Å². The molecule has 0 saturated heterocycles. The van der Waals surface area contributed by atoms with Gasteiger partial charge < -0.3 is 16.0 Å². The fourth-order valence-corrected chi connectivity index (χ4v) is 2.72. The predicted molar refractivity (Wildman–Crippen MR) is 98.7 cm³/mol. The third kappa shape index (κ3) is 4.59. The molecule has 0 atom stereocenters. The Balaban J connectivity index is 1.50. The summed E-state index contributed by atoms with van der Waals surface area (Å²) in [6.07, 6.45) is 2.06. The maximum absolute atomic E-state index is 14.0. The molecule has 1 aliphatic carbocycles. The highest BCUT2D eigenvalue weighted by Crippen LogP contribution is 2.41. The first-order chi connectivity index (χ1) is 12.6. The Bertz CT molecular complexity index is 801. The van der Waals surface area contributed by atoms with E-state index in [0.29, 0.717) is 30.3 Å². The van der Waals surface area contributed by atoms with Crippen molar-refractivity contribution in [3.63, 3.8) is 0 Å². The molecule has 2 aromatic carbocycles. The van der Waals surface area contributed by atoms with Gasteiger partial charge in [-0.15, -0.1) is 0 Å². The van der Waals surface area contributed by atoms with Crippen LogP contribution in [-0.4, -0.2) is 18.5 Å². The van der Waals surface area contributed by atoms with Crippen LogP contribution in [0.2, 0.25) is 0 Å². The number of nitrogens with one attached hydrogen (secondary N) is 3. The minimum Gasteiger partial charge on any atom is -0.352 e. The number of benzene rings is 2. The predicted octanol–water partition coefficient (Wildman–Crippen LogP) is 3.77. The molecule has 1 saturated carbocycles. The number of hydrogen-bond acceptors (Lipinski definition) is 2. The number of carbonyl (C=O) groups is 2. The number of hydrogen-bond donors (Lipinski definition) is 3. The SMILES string of the molecule is CCNC(=O)c1ccc(CNC(=O)Nc2ccc(C3CC3)c(F)c2)cc1. The van der Waals surface area contributed by atoms with Crippen molar-refractivity contribution in [1.29, 1.82) is 0 Å². The third-order valence-corrected chi connectivity index (χ3v) is 4.28. The number of rotatable bonds is 6. The Morgan fingerprint density at radius 2 is 1.81 bits per heavy atom. The molecule has 6 heteroatoms. The molecule has 3 rings (SSSR count). The molecule has 3 amide bonds. The summed E-state index contributed by atoms with van der Waals surface area (Å²) in [7, 11) is 0. The lowest BCUT2D eigenvalue weighted by Crippen LogP contribution is -2.28. The zero-order valence-electron chi connectivity index (χ0n) is 14.6. The van der Waals surface area contributed by atoms with Gasteiger partial charge >= 0.3 is 6.03 Å². The van der Waals surface area contributed by atoms with E-state index in [1.54, 1.807) is 36.4 Å². The third-order valence-electron chi connectivity index (χ3n) is 4.28. The molecule has 5 nitrogen and oxygen atoms in total. The zero-order chi connectivity index (χ0) is 18.5. The summed E-state index contributed by atoms with van der Waals surface area (Å²) in [4.78, 5) is 23.7. The minimum absolute atomic E-state index is 0.124. The zero-order valence-corrected chi connectivity index (χ0v) is 14.6. The highest BCUT2D eigenvalue weighted by Gasteiger charge is 2.26. The van der Waals surface area contributed by atoms with E-state index < -0.39 is 6.03 Å². The first-order valence-corrected chi connectivity index (χ1v) is 8.78. The van der Waals surface area contributed by atoms with E-state index in [-0.39, 0.29) is 11.7 Å². The Morgan fingerprint density at radius 3 is 2.42 bits per heavy atom. The van der Waals surface area contributed by atoms with Gasteiger partial charge in [-0.25, -0.2) is 9.18 Å². The summed E-state index contributed by atoms with van der Waals surface area (Å²) < 4.78 is 14.0. The van der Waals surface area contributed by atoms with Gasteiger partial charge in [0.25, 0.3) is 5.91 Å². The largest absolute Gasteiger partial charge is 0.352 e. The average Bonchev–Trinajstić information content (AvgIpc) is 3.46. The molecule has 0 aliphatic heterocycles. The maximum atomic E-state index is 14.0. The summed E-state index contributed by atoms with van der Waals surface area (Å²) >= 11 is 0. The second-order valence-electron chi connectivity index (χ2n) is 6.37. The van der Waals surface area contributed by atoms with Crippen LogP contribution in [0.4, 0.5) is 14.9 Å². The van der Waals surface area contributed by atoms with Crippen molar-refractivity contribution < 1.29 is 14.0 Å².